The second kappa shape index (κ2) is 6.27. The van der Waals surface area contributed by atoms with Crippen molar-refractivity contribution in [2.24, 2.45) is 0 Å². The molecule has 0 radical (unpaired) electrons. The summed E-state index contributed by atoms with van der Waals surface area (Å²) in [6.45, 7) is 0. The number of halogens is 2. The number of alkyl halides is 2. The summed E-state index contributed by atoms with van der Waals surface area (Å²) in [7, 11) is 1.42. The van der Waals surface area contributed by atoms with Gasteiger partial charge in [0.25, 0.3) is 5.91 Å². The van der Waals surface area contributed by atoms with E-state index >= 15 is 0 Å². The van der Waals surface area contributed by atoms with Crippen LogP contribution in [0.4, 0.5) is 14.5 Å². The van der Waals surface area contributed by atoms with Crippen LogP contribution in [0.3, 0.4) is 0 Å². The van der Waals surface area contributed by atoms with E-state index in [1.807, 2.05) is 30.3 Å². The van der Waals surface area contributed by atoms with Crippen molar-refractivity contribution < 1.29 is 27.8 Å². The SMILES string of the molecule is COc1cn(-c2ccccc2)nc1C(=O)Nc1ccc2c(c1)OC(F)(F)O2. The van der Waals surface area contributed by atoms with Crippen LogP contribution in [0.15, 0.2) is 54.7 Å². The monoisotopic (exact) mass is 373 g/mol. The maximum absolute atomic E-state index is 13.1. The zero-order valence-electron chi connectivity index (χ0n) is 14.0. The fourth-order valence-corrected chi connectivity index (χ4v) is 2.59. The van der Waals surface area contributed by atoms with Crippen LogP contribution in [-0.4, -0.2) is 29.1 Å². The molecule has 0 aliphatic carbocycles. The number of methoxy groups -OCH3 is 1. The standard InChI is InChI=1S/C18H13F2N3O4/c1-25-15-10-23(12-5-3-2-4-6-12)22-16(15)17(24)21-11-7-8-13-14(9-11)27-18(19,20)26-13/h2-10H,1H3,(H,21,24). The molecule has 0 fully saturated rings. The quantitative estimate of drug-likeness (QED) is 0.758. The van der Waals surface area contributed by atoms with Gasteiger partial charge in [0.05, 0.1) is 19.0 Å². The van der Waals surface area contributed by atoms with Crippen LogP contribution >= 0.6 is 0 Å². The minimum atomic E-state index is -3.72. The van der Waals surface area contributed by atoms with Gasteiger partial charge in [-0.05, 0) is 24.3 Å². The number of carbonyl (C=O) groups excluding carboxylic acids is 1. The van der Waals surface area contributed by atoms with Crippen molar-refractivity contribution in [3.63, 3.8) is 0 Å². The zero-order valence-corrected chi connectivity index (χ0v) is 14.0. The zero-order chi connectivity index (χ0) is 19.0. The second-order valence-electron chi connectivity index (χ2n) is 5.61. The Kier molecular flexibility index (Phi) is 3.91. The summed E-state index contributed by atoms with van der Waals surface area (Å²) in [5.41, 5.74) is 1.04. The highest BCUT2D eigenvalue weighted by Crippen LogP contribution is 2.42. The first-order valence-corrected chi connectivity index (χ1v) is 7.85. The van der Waals surface area contributed by atoms with Gasteiger partial charge in [-0.3, -0.25) is 4.79 Å². The van der Waals surface area contributed by atoms with Gasteiger partial charge in [0, 0.05) is 11.8 Å². The normalized spacial score (nSPS) is 14.0. The van der Waals surface area contributed by atoms with Gasteiger partial charge < -0.3 is 19.5 Å². The Morgan fingerprint density at radius 1 is 1.15 bits per heavy atom. The number of amides is 1. The van der Waals surface area contributed by atoms with Crippen LogP contribution in [0.25, 0.3) is 5.69 Å². The third-order valence-corrected chi connectivity index (χ3v) is 3.80. The number of carbonyl (C=O) groups is 1. The molecule has 0 saturated carbocycles. The molecule has 138 valence electrons. The van der Waals surface area contributed by atoms with Gasteiger partial charge in [-0.2, -0.15) is 5.10 Å². The van der Waals surface area contributed by atoms with Crippen LogP contribution in [0.5, 0.6) is 17.2 Å². The maximum Gasteiger partial charge on any atom is 0.586 e. The number of nitrogens with zero attached hydrogens (tertiary/aromatic N) is 2. The Bertz CT molecular complexity index is 1010. The molecule has 1 aromatic heterocycles. The molecule has 0 atom stereocenters. The molecule has 1 aliphatic rings. The lowest BCUT2D eigenvalue weighted by Gasteiger charge is -2.05. The van der Waals surface area contributed by atoms with Gasteiger partial charge in [0.1, 0.15) is 0 Å². The molecule has 9 heteroatoms. The number of anilines is 1. The smallest absolute Gasteiger partial charge is 0.493 e. The molecule has 2 heterocycles. The summed E-state index contributed by atoms with van der Waals surface area (Å²) >= 11 is 0. The highest BCUT2D eigenvalue weighted by molar-refractivity contribution is 6.04. The van der Waals surface area contributed by atoms with Crippen molar-refractivity contribution in [3.05, 3.63) is 60.4 Å². The molecule has 3 aromatic rings. The van der Waals surface area contributed by atoms with Crippen molar-refractivity contribution in [3.8, 4) is 22.9 Å². The molecule has 2 aromatic carbocycles. The first-order chi connectivity index (χ1) is 12.9. The van der Waals surface area contributed by atoms with Crippen LogP contribution < -0.4 is 19.5 Å². The van der Waals surface area contributed by atoms with E-state index in [1.165, 1.54) is 30.0 Å². The fraction of sp³-hybridized carbons (Fsp3) is 0.111. The molecule has 1 N–H and O–H groups in total. The number of para-hydroxylation sites is 1. The predicted molar refractivity (Wildman–Crippen MR) is 90.7 cm³/mol. The Labute approximate surface area is 152 Å². The minimum Gasteiger partial charge on any atom is -0.493 e. The Balaban J connectivity index is 1.58. The number of hydrogen-bond donors (Lipinski definition) is 1. The van der Waals surface area contributed by atoms with Crippen LogP contribution in [0.2, 0.25) is 0 Å². The first kappa shape index (κ1) is 16.8. The summed E-state index contributed by atoms with van der Waals surface area (Å²) in [6, 6.07) is 13.1. The molecule has 0 spiro atoms. The number of rotatable bonds is 4. The molecule has 1 aliphatic heterocycles. The predicted octanol–water partition coefficient (Wildman–Crippen LogP) is 3.45. The third kappa shape index (κ3) is 3.26. The molecule has 7 nitrogen and oxygen atoms in total. The molecule has 27 heavy (non-hydrogen) atoms. The number of fused-ring (bicyclic) bond motifs is 1. The minimum absolute atomic E-state index is 0.0457. The van der Waals surface area contributed by atoms with Gasteiger partial charge in [-0.15, -0.1) is 8.78 Å². The van der Waals surface area contributed by atoms with E-state index in [0.29, 0.717) is 0 Å². The Morgan fingerprint density at radius 2 is 1.89 bits per heavy atom. The number of benzene rings is 2. The maximum atomic E-state index is 13.1. The average Bonchev–Trinajstić information content (AvgIpc) is 3.21. The number of ether oxygens (including phenoxy) is 3. The van der Waals surface area contributed by atoms with Crippen molar-refractivity contribution in [2.45, 2.75) is 6.29 Å². The van der Waals surface area contributed by atoms with Gasteiger partial charge in [-0.25, -0.2) is 4.68 Å². The highest BCUT2D eigenvalue weighted by Gasteiger charge is 2.43. The molecule has 0 unspecified atom stereocenters. The van der Waals surface area contributed by atoms with E-state index in [9.17, 15) is 13.6 Å². The van der Waals surface area contributed by atoms with E-state index in [1.54, 1.807) is 6.20 Å². The number of aromatic nitrogens is 2. The Hall–Kier alpha value is -3.62. The van der Waals surface area contributed by atoms with E-state index in [-0.39, 0.29) is 28.6 Å². The molecule has 1 amide bonds. The second-order valence-corrected chi connectivity index (χ2v) is 5.61. The number of hydrogen-bond acceptors (Lipinski definition) is 5. The van der Waals surface area contributed by atoms with Gasteiger partial charge >= 0.3 is 6.29 Å². The van der Waals surface area contributed by atoms with E-state index in [2.05, 4.69) is 19.9 Å². The topological polar surface area (TPSA) is 74.6 Å². The van der Waals surface area contributed by atoms with Crippen LogP contribution in [0.1, 0.15) is 10.5 Å². The summed E-state index contributed by atoms with van der Waals surface area (Å²) < 4.78 is 41.6. The van der Waals surface area contributed by atoms with E-state index < -0.39 is 12.2 Å². The van der Waals surface area contributed by atoms with E-state index in [0.717, 1.165) is 5.69 Å². The first-order valence-electron chi connectivity index (χ1n) is 7.85. The van der Waals surface area contributed by atoms with Crippen LogP contribution in [0, 0.1) is 0 Å². The van der Waals surface area contributed by atoms with Gasteiger partial charge in [0.2, 0.25) is 0 Å². The highest BCUT2D eigenvalue weighted by atomic mass is 19.3. The van der Waals surface area contributed by atoms with Crippen LogP contribution in [-0.2, 0) is 0 Å². The number of nitrogens with one attached hydrogen (secondary N) is 1. The van der Waals surface area contributed by atoms with Crippen molar-refractivity contribution in [1.82, 2.24) is 9.78 Å². The third-order valence-electron chi connectivity index (χ3n) is 3.80. The van der Waals surface area contributed by atoms with Gasteiger partial charge in [0.15, 0.2) is 22.9 Å². The lowest BCUT2D eigenvalue weighted by molar-refractivity contribution is -0.286. The molecule has 4 rings (SSSR count). The average molecular weight is 373 g/mol. The van der Waals surface area contributed by atoms with Crippen molar-refractivity contribution in [2.75, 3.05) is 12.4 Å². The lowest BCUT2D eigenvalue weighted by atomic mass is 10.2. The molecular weight excluding hydrogens is 360 g/mol. The summed E-state index contributed by atoms with van der Waals surface area (Å²) in [5.74, 6) is -0.570. The molecule has 0 saturated heterocycles. The van der Waals surface area contributed by atoms with E-state index in [4.69, 9.17) is 4.74 Å². The lowest BCUT2D eigenvalue weighted by Crippen LogP contribution is -2.25. The summed E-state index contributed by atoms with van der Waals surface area (Å²) in [4.78, 5) is 12.6. The summed E-state index contributed by atoms with van der Waals surface area (Å²) in [6.07, 6.45) is -2.15. The molecular formula is C18H13F2N3O4. The summed E-state index contributed by atoms with van der Waals surface area (Å²) in [5, 5.41) is 6.83. The Morgan fingerprint density at radius 3 is 2.63 bits per heavy atom. The fourth-order valence-electron chi connectivity index (χ4n) is 2.59. The van der Waals surface area contributed by atoms with Gasteiger partial charge in [-0.1, -0.05) is 18.2 Å². The largest absolute Gasteiger partial charge is 0.586 e. The van der Waals surface area contributed by atoms with Crippen molar-refractivity contribution >= 4 is 11.6 Å². The molecule has 0 bridgehead atoms. The van der Waals surface area contributed by atoms with Crippen molar-refractivity contribution in [1.29, 1.82) is 0 Å².